The molecule has 0 saturated heterocycles. The van der Waals surface area contributed by atoms with Crippen molar-refractivity contribution < 1.29 is 17.0 Å². The molecule has 0 spiro atoms. The van der Waals surface area contributed by atoms with Crippen molar-refractivity contribution in [2.45, 2.75) is 6.92 Å². The van der Waals surface area contributed by atoms with Gasteiger partial charge in [0.05, 0.1) is 5.52 Å². The van der Waals surface area contributed by atoms with Gasteiger partial charge in [0.25, 0.3) is 0 Å². The molecule has 1 nitrogen and oxygen atoms in total. The topological polar surface area (TPSA) is 4.93 Å². The first-order chi connectivity index (χ1) is 13.2. The van der Waals surface area contributed by atoms with E-state index in [-0.39, 0.29) is 0 Å². The molecule has 0 aliphatic carbocycles. The van der Waals surface area contributed by atoms with Crippen LogP contribution in [0, 0.1) is 6.92 Å². The first-order valence-corrected chi connectivity index (χ1v) is 12.9. The summed E-state index contributed by atoms with van der Waals surface area (Å²) in [6, 6.07) is 33.8. The summed E-state index contributed by atoms with van der Waals surface area (Å²) in [5.41, 5.74) is 3.80. The minimum absolute atomic E-state index is 0.556. The Balaban J connectivity index is 0.000000222. The fraction of sp³-hybridized carbons (Fsp3) is 0.0435. The van der Waals surface area contributed by atoms with Crippen LogP contribution in [-0.4, -0.2) is 4.57 Å². The van der Waals surface area contributed by atoms with Gasteiger partial charge in [-0.2, -0.15) is 18.2 Å². The Morgan fingerprint density at radius 3 is 2.07 bits per heavy atom. The van der Waals surface area contributed by atoms with E-state index < -0.39 is 17.0 Å². The van der Waals surface area contributed by atoms with Crippen molar-refractivity contribution in [2.24, 2.45) is 0 Å². The molecular formula is C23H19Cl2NTi-2. The van der Waals surface area contributed by atoms with Crippen LogP contribution in [0.2, 0.25) is 0 Å². The summed E-state index contributed by atoms with van der Waals surface area (Å²) >= 11 is -0.556. The minimum atomic E-state index is -0.556. The molecule has 0 N–H and O–H groups in total. The first kappa shape index (κ1) is 20.0. The number of hydrogen-bond acceptors (Lipinski definition) is 0. The molecule has 5 rings (SSSR count). The van der Waals surface area contributed by atoms with E-state index in [4.69, 9.17) is 18.6 Å². The van der Waals surface area contributed by atoms with Crippen molar-refractivity contribution in [2.75, 3.05) is 0 Å². The Bertz CT molecular complexity index is 1040. The summed E-state index contributed by atoms with van der Waals surface area (Å²) in [5.74, 6) is 0. The number of para-hydroxylation sites is 1. The number of nitrogens with zero attached hydrogens (tertiary/aromatic N) is 1. The number of rotatable bonds is 1. The van der Waals surface area contributed by atoms with Crippen LogP contribution in [0.5, 0.6) is 0 Å². The van der Waals surface area contributed by atoms with Gasteiger partial charge in [-0.15, -0.1) is 41.1 Å². The van der Waals surface area contributed by atoms with Gasteiger partial charge in [-0.05, 0) is 24.7 Å². The molecule has 0 saturated carbocycles. The van der Waals surface area contributed by atoms with Crippen LogP contribution in [0.1, 0.15) is 5.69 Å². The average Bonchev–Trinajstić information content (AvgIpc) is 3.42. The van der Waals surface area contributed by atoms with E-state index in [1.807, 2.05) is 30.3 Å². The summed E-state index contributed by atoms with van der Waals surface area (Å²) in [7, 11) is 9.78. The number of fused-ring (bicyclic) bond motifs is 2. The van der Waals surface area contributed by atoms with E-state index in [2.05, 4.69) is 78.2 Å². The normalized spacial score (nSPS) is 10.0. The molecule has 4 aromatic carbocycles. The van der Waals surface area contributed by atoms with E-state index in [1.54, 1.807) is 0 Å². The number of halogens is 2. The van der Waals surface area contributed by atoms with Crippen molar-refractivity contribution in [3.8, 4) is 5.69 Å². The molecule has 136 valence electrons. The Morgan fingerprint density at radius 2 is 1.44 bits per heavy atom. The molecule has 4 heteroatoms. The third-order valence-corrected chi connectivity index (χ3v) is 4.31. The predicted molar refractivity (Wildman–Crippen MR) is 115 cm³/mol. The Labute approximate surface area is 176 Å². The maximum absolute atomic E-state index is 4.89. The first-order valence-electron chi connectivity index (χ1n) is 8.60. The molecule has 0 aliphatic heterocycles. The van der Waals surface area contributed by atoms with Crippen molar-refractivity contribution in [1.82, 2.24) is 4.57 Å². The second-order valence-corrected chi connectivity index (χ2v) is 8.64. The summed E-state index contributed by atoms with van der Waals surface area (Å²) < 4.78 is 2.33. The van der Waals surface area contributed by atoms with Crippen LogP contribution in [0.4, 0.5) is 0 Å². The number of hydrogen-bond donors (Lipinski definition) is 0. The van der Waals surface area contributed by atoms with Crippen molar-refractivity contribution in [1.29, 1.82) is 0 Å². The molecular weight excluding hydrogens is 409 g/mol. The standard InChI is InChI=1S/C18H14N.C5H5.2ClH.Ti/c1-13-10-16-8-4-5-9-18(16)19(13)17-11-14-6-2-3-7-15(14)12-17;1-2-4-5-3-1;;;/h2-12H,1H3;1-5H;2*1H;/q2*-1;;;+2/p-2. The summed E-state index contributed by atoms with van der Waals surface area (Å²) in [4.78, 5) is 0. The molecule has 0 unspecified atom stereocenters. The van der Waals surface area contributed by atoms with Gasteiger partial charge in [0.15, 0.2) is 0 Å². The Kier molecular flexibility index (Phi) is 7.37. The fourth-order valence-electron chi connectivity index (χ4n) is 3.22. The quantitative estimate of drug-likeness (QED) is 0.192. The number of aryl methyl sites for hydroxylation is 1. The maximum atomic E-state index is 4.89. The molecule has 0 amide bonds. The van der Waals surface area contributed by atoms with Gasteiger partial charge in [0.1, 0.15) is 0 Å². The van der Waals surface area contributed by atoms with Gasteiger partial charge in [-0.1, -0.05) is 24.3 Å². The van der Waals surface area contributed by atoms with Crippen molar-refractivity contribution >= 4 is 40.3 Å². The van der Waals surface area contributed by atoms with E-state index in [0.29, 0.717) is 0 Å². The summed E-state index contributed by atoms with van der Waals surface area (Å²) in [5, 5.41) is 3.90. The minimum Gasteiger partial charge on any atom is -0.214 e. The van der Waals surface area contributed by atoms with Gasteiger partial charge < -0.3 is 4.57 Å². The molecule has 0 atom stereocenters. The second-order valence-electron chi connectivity index (χ2n) is 6.06. The molecule has 0 radical (unpaired) electrons. The zero-order valence-corrected chi connectivity index (χ0v) is 18.0. The van der Waals surface area contributed by atoms with E-state index in [9.17, 15) is 0 Å². The van der Waals surface area contributed by atoms with E-state index >= 15 is 0 Å². The number of aromatic nitrogens is 1. The molecule has 1 heterocycles. The van der Waals surface area contributed by atoms with Gasteiger partial charge in [0.2, 0.25) is 0 Å². The summed E-state index contributed by atoms with van der Waals surface area (Å²) in [6.45, 7) is 2.16. The van der Waals surface area contributed by atoms with Crippen LogP contribution in [0.3, 0.4) is 0 Å². The van der Waals surface area contributed by atoms with Gasteiger partial charge in [-0.3, -0.25) is 0 Å². The Morgan fingerprint density at radius 1 is 0.815 bits per heavy atom. The monoisotopic (exact) mass is 427 g/mol. The van der Waals surface area contributed by atoms with Crippen LogP contribution in [-0.2, 0) is 17.0 Å². The third-order valence-electron chi connectivity index (χ3n) is 4.31. The third kappa shape index (κ3) is 4.94. The summed E-state index contributed by atoms with van der Waals surface area (Å²) in [6.07, 6.45) is 0. The smallest absolute Gasteiger partial charge is 0.172 e. The molecule has 27 heavy (non-hydrogen) atoms. The van der Waals surface area contributed by atoms with Crippen LogP contribution in [0.25, 0.3) is 27.4 Å². The molecule has 0 fully saturated rings. The van der Waals surface area contributed by atoms with Crippen LogP contribution >= 0.6 is 18.6 Å². The zero-order valence-electron chi connectivity index (χ0n) is 14.9. The average molecular weight is 428 g/mol. The number of benzene rings is 2. The maximum Gasteiger partial charge on any atom is -0.172 e. The van der Waals surface area contributed by atoms with E-state index in [1.165, 1.54) is 33.1 Å². The SMILES string of the molecule is Cc1cc2ccccc2n1-c1cc2ccccc2[cH-]1.[Cl][Ti][Cl].c1cc[cH-]c1. The predicted octanol–water partition coefficient (Wildman–Crippen LogP) is 7.59. The van der Waals surface area contributed by atoms with E-state index in [0.717, 1.165) is 0 Å². The molecule has 5 aromatic rings. The zero-order chi connectivity index (χ0) is 19.1. The molecule has 0 bridgehead atoms. The van der Waals surface area contributed by atoms with Gasteiger partial charge in [0, 0.05) is 11.1 Å². The van der Waals surface area contributed by atoms with Crippen LogP contribution < -0.4 is 0 Å². The second kappa shape index (κ2) is 9.96. The largest absolute Gasteiger partial charge is 0.214 e. The Hall–Kier alpha value is -1.77. The van der Waals surface area contributed by atoms with Crippen LogP contribution in [0.15, 0.2) is 97.1 Å². The van der Waals surface area contributed by atoms with Gasteiger partial charge >= 0.3 is 35.6 Å². The van der Waals surface area contributed by atoms with Crippen molar-refractivity contribution in [3.05, 3.63) is 103 Å². The van der Waals surface area contributed by atoms with Gasteiger partial charge in [-0.25, -0.2) is 12.1 Å². The molecule has 0 aliphatic rings. The fourth-order valence-corrected chi connectivity index (χ4v) is 3.22. The molecule has 1 aromatic heterocycles. The van der Waals surface area contributed by atoms with Crippen molar-refractivity contribution in [3.63, 3.8) is 0 Å².